The Morgan fingerprint density at radius 1 is 1.23 bits per heavy atom. The number of carbonyl (C=O) groups is 1. The number of aryl methyl sites for hydroxylation is 1. The molecule has 0 spiro atoms. The number of amides is 1. The average molecular weight is 325 g/mol. The van der Waals surface area contributed by atoms with Gasteiger partial charge in [-0.2, -0.15) is 0 Å². The molecule has 0 radical (unpaired) electrons. The number of carbonyl (C=O) groups excluding carboxylic acids is 1. The summed E-state index contributed by atoms with van der Waals surface area (Å²) >= 11 is 0. The maximum Gasteiger partial charge on any atom is 0.222 e. The van der Waals surface area contributed by atoms with Crippen molar-refractivity contribution in [2.45, 2.75) is 51.5 Å². The molecule has 1 aromatic rings. The predicted molar refractivity (Wildman–Crippen MR) is 94.8 cm³/mol. The summed E-state index contributed by atoms with van der Waals surface area (Å²) in [6.07, 6.45) is 3.60. The van der Waals surface area contributed by atoms with Crippen LogP contribution in [0, 0.1) is 0 Å². The molecule has 1 N–H and O–H groups in total. The van der Waals surface area contributed by atoms with E-state index in [0.717, 1.165) is 32.4 Å². The summed E-state index contributed by atoms with van der Waals surface area (Å²) in [5.74, 6) is 0.835. The van der Waals surface area contributed by atoms with Gasteiger partial charge in [0.1, 0.15) is 0 Å². The van der Waals surface area contributed by atoms with E-state index in [0.29, 0.717) is 18.4 Å². The zero-order chi connectivity index (χ0) is 15.2. The first-order valence-electron chi connectivity index (χ1n) is 8.13. The monoisotopic (exact) mass is 324 g/mol. The lowest BCUT2D eigenvalue weighted by molar-refractivity contribution is -0.132. The van der Waals surface area contributed by atoms with E-state index in [1.807, 2.05) is 11.9 Å². The van der Waals surface area contributed by atoms with E-state index in [4.69, 9.17) is 0 Å². The van der Waals surface area contributed by atoms with Gasteiger partial charge in [0.2, 0.25) is 5.91 Å². The summed E-state index contributed by atoms with van der Waals surface area (Å²) in [4.78, 5) is 14.3. The van der Waals surface area contributed by atoms with Gasteiger partial charge in [-0.05, 0) is 49.4 Å². The van der Waals surface area contributed by atoms with Gasteiger partial charge in [0.25, 0.3) is 0 Å². The van der Waals surface area contributed by atoms with Crippen LogP contribution < -0.4 is 5.32 Å². The highest BCUT2D eigenvalue weighted by molar-refractivity contribution is 5.85. The minimum absolute atomic E-state index is 0. The van der Waals surface area contributed by atoms with Crippen LogP contribution in [0.2, 0.25) is 0 Å². The summed E-state index contributed by atoms with van der Waals surface area (Å²) in [5, 5.41) is 3.34. The van der Waals surface area contributed by atoms with Crippen LogP contribution in [0.25, 0.3) is 0 Å². The van der Waals surface area contributed by atoms with Crippen LogP contribution in [-0.4, -0.2) is 37.0 Å². The Hall–Kier alpha value is -1.06. The van der Waals surface area contributed by atoms with Crippen molar-refractivity contribution in [1.29, 1.82) is 0 Å². The summed E-state index contributed by atoms with van der Waals surface area (Å²) < 4.78 is 0. The zero-order valence-corrected chi connectivity index (χ0v) is 14.8. The second-order valence-electron chi connectivity index (χ2n) is 6.38. The number of halogens is 1. The second kappa shape index (κ2) is 9.16. The molecule has 0 unspecified atom stereocenters. The minimum Gasteiger partial charge on any atom is -0.343 e. The number of nitrogens with zero attached hydrogens (tertiary/aromatic N) is 1. The normalized spacial score (nSPS) is 15.5. The van der Waals surface area contributed by atoms with Gasteiger partial charge in [-0.1, -0.05) is 38.1 Å². The van der Waals surface area contributed by atoms with Crippen LogP contribution in [0.5, 0.6) is 0 Å². The Kier molecular flexibility index (Phi) is 7.91. The summed E-state index contributed by atoms with van der Waals surface area (Å²) in [7, 11) is 1.96. The van der Waals surface area contributed by atoms with Crippen LogP contribution >= 0.6 is 12.4 Å². The van der Waals surface area contributed by atoms with Gasteiger partial charge < -0.3 is 10.2 Å². The van der Waals surface area contributed by atoms with Crippen LogP contribution in [0.1, 0.15) is 50.2 Å². The minimum atomic E-state index is 0. The highest BCUT2D eigenvalue weighted by Gasteiger charge is 2.21. The fourth-order valence-corrected chi connectivity index (χ4v) is 2.89. The first kappa shape index (κ1) is 19.0. The van der Waals surface area contributed by atoms with Gasteiger partial charge in [0, 0.05) is 19.5 Å². The van der Waals surface area contributed by atoms with E-state index in [1.165, 1.54) is 11.1 Å². The lowest BCUT2D eigenvalue weighted by Crippen LogP contribution is -2.44. The van der Waals surface area contributed by atoms with E-state index in [2.05, 4.69) is 43.4 Å². The number of rotatable bonds is 5. The van der Waals surface area contributed by atoms with Gasteiger partial charge >= 0.3 is 0 Å². The number of hydrogen-bond acceptors (Lipinski definition) is 2. The number of benzene rings is 1. The predicted octanol–water partition coefficient (Wildman–Crippen LogP) is 3.37. The zero-order valence-electron chi connectivity index (χ0n) is 14.0. The average Bonchev–Trinajstić information content (AvgIpc) is 2.53. The Balaban J connectivity index is 0.00000242. The van der Waals surface area contributed by atoms with Crippen LogP contribution in [0.3, 0.4) is 0 Å². The molecule has 1 aliphatic rings. The molecular weight excluding hydrogens is 296 g/mol. The highest BCUT2D eigenvalue weighted by Crippen LogP contribution is 2.16. The molecule has 0 atom stereocenters. The fraction of sp³-hybridized carbons (Fsp3) is 0.611. The Bertz CT molecular complexity index is 453. The van der Waals surface area contributed by atoms with Crippen molar-refractivity contribution in [3.8, 4) is 0 Å². The van der Waals surface area contributed by atoms with Gasteiger partial charge in [-0.15, -0.1) is 12.4 Å². The van der Waals surface area contributed by atoms with Gasteiger partial charge in [0.15, 0.2) is 0 Å². The maximum atomic E-state index is 12.3. The molecule has 1 fully saturated rings. The number of nitrogens with one attached hydrogen (secondary N) is 1. The topological polar surface area (TPSA) is 32.3 Å². The lowest BCUT2D eigenvalue weighted by Gasteiger charge is -2.31. The summed E-state index contributed by atoms with van der Waals surface area (Å²) in [6, 6.07) is 9.10. The van der Waals surface area contributed by atoms with Crippen molar-refractivity contribution in [2.75, 3.05) is 20.1 Å². The maximum absolute atomic E-state index is 12.3. The largest absolute Gasteiger partial charge is 0.343 e. The van der Waals surface area contributed by atoms with Crippen molar-refractivity contribution >= 4 is 18.3 Å². The van der Waals surface area contributed by atoms with Crippen LogP contribution in [-0.2, 0) is 11.2 Å². The third kappa shape index (κ3) is 5.29. The first-order valence-corrected chi connectivity index (χ1v) is 8.13. The molecule has 1 heterocycles. The number of piperidine rings is 1. The van der Waals surface area contributed by atoms with E-state index in [-0.39, 0.29) is 18.3 Å². The third-order valence-electron chi connectivity index (χ3n) is 4.52. The molecular formula is C18H29ClN2O. The van der Waals surface area contributed by atoms with Crippen LogP contribution in [0.4, 0.5) is 0 Å². The van der Waals surface area contributed by atoms with Gasteiger partial charge in [-0.25, -0.2) is 0 Å². The Morgan fingerprint density at radius 2 is 1.82 bits per heavy atom. The summed E-state index contributed by atoms with van der Waals surface area (Å²) in [5.41, 5.74) is 2.61. The van der Waals surface area contributed by atoms with Crippen LogP contribution in [0.15, 0.2) is 24.3 Å². The Morgan fingerprint density at radius 3 is 2.36 bits per heavy atom. The lowest BCUT2D eigenvalue weighted by atomic mass is 10.00. The number of hydrogen-bond donors (Lipinski definition) is 1. The second-order valence-corrected chi connectivity index (χ2v) is 6.38. The third-order valence-corrected chi connectivity index (χ3v) is 4.52. The molecule has 22 heavy (non-hydrogen) atoms. The molecule has 3 nitrogen and oxygen atoms in total. The summed E-state index contributed by atoms with van der Waals surface area (Å²) in [6.45, 7) is 6.46. The molecule has 0 aromatic heterocycles. The molecule has 0 bridgehead atoms. The molecule has 1 saturated heterocycles. The van der Waals surface area contributed by atoms with Crippen molar-refractivity contribution in [2.24, 2.45) is 0 Å². The molecule has 0 saturated carbocycles. The van der Waals surface area contributed by atoms with Gasteiger partial charge in [-0.3, -0.25) is 4.79 Å². The standard InChI is InChI=1S/C18H28N2O.ClH/c1-14(2)16-7-4-15(5-8-16)6-9-18(21)20(3)17-10-12-19-13-11-17;/h4-5,7-8,14,17,19H,6,9-13H2,1-3H3;1H. The van der Waals surface area contributed by atoms with Crippen molar-refractivity contribution in [3.05, 3.63) is 35.4 Å². The Labute approximate surface area is 140 Å². The molecule has 2 rings (SSSR count). The van der Waals surface area contributed by atoms with Gasteiger partial charge in [0.05, 0.1) is 0 Å². The van der Waals surface area contributed by atoms with Crippen molar-refractivity contribution < 1.29 is 4.79 Å². The van der Waals surface area contributed by atoms with E-state index in [1.54, 1.807) is 0 Å². The molecule has 124 valence electrons. The first-order chi connectivity index (χ1) is 10.1. The highest BCUT2D eigenvalue weighted by atomic mass is 35.5. The quantitative estimate of drug-likeness (QED) is 0.900. The fourth-order valence-electron chi connectivity index (χ4n) is 2.89. The van der Waals surface area contributed by atoms with E-state index in [9.17, 15) is 4.79 Å². The van der Waals surface area contributed by atoms with Crippen molar-refractivity contribution in [1.82, 2.24) is 10.2 Å². The molecule has 4 heteroatoms. The SMILES string of the molecule is CC(C)c1ccc(CCC(=O)N(C)C2CCNCC2)cc1.Cl. The molecule has 1 aromatic carbocycles. The smallest absolute Gasteiger partial charge is 0.222 e. The molecule has 0 aliphatic carbocycles. The molecule has 1 aliphatic heterocycles. The van der Waals surface area contributed by atoms with E-state index >= 15 is 0 Å². The van der Waals surface area contributed by atoms with E-state index < -0.39 is 0 Å². The molecule has 1 amide bonds. The van der Waals surface area contributed by atoms with Crippen molar-refractivity contribution in [3.63, 3.8) is 0 Å².